The van der Waals surface area contributed by atoms with Crippen LogP contribution in [0.5, 0.6) is 0 Å². The maximum absolute atomic E-state index is 5.88. The summed E-state index contributed by atoms with van der Waals surface area (Å²) in [6.07, 6.45) is 2.46. The summed E-state index contributed by atoms with van der Waals surface area (Å²) in [6, 6.07) is 6.68. The van der Waals surface area contributed by atoms with E-state index in [-0.39, 0.29) is 0 Å². The Kier molecular flexibility index (Phi) is 4.66. The number of aryl methyl sites for hydroxylation is 1. The van der Waals surface area contributed by atoms with Crippen LogP contribution < -0.4 is 11.1 Å². The third kappa shape index (κ3) is 4.13. The van der Waals surface area contributed by atoms with Gasteiger partial charge in [0, 0.05) is 17.4 Å². The predicted octanol–water partition coefficient (Wildman–Crippen LogP) is 3.81. The van der Waals surface area contributed by atoms with E-state index >= 15 is 0 Å². The molecule has 0 fully saturated rings. The zero-order valence-electron chi connectivity index (χ0n) is 10.9. The average molecular weight is 220 g/mol. The number of rotatable bonds is 5. The van der Waals surface area contributed by atoms with Gasteiger partial charge in [-0.1, -0.05) is 19.9 Å². The van der Waals surface area contributed by atoms with Crippen LogP contribution >= 0.6 is 0 Å². The quantitative estimate of drug-likeness (QED) is 0.740. The van der Waals surface area contributed by atoms with Gasteiger partial charge in [0.25, 0.3) is 0 Å². The minimum atomic E-state index is 0.504. The summed E-state index contributed by atoms with van der Waals surface area (Å²) in [5.41, 5.74) is 9.00. The van der Waals surface area contributed by atoms with Crippen LogP contribution in [-0.2, 0) is 0 Å². The Morgan fingerprint density at radius 3 is 2.44 bits per heavy atom. The van der Waals surface area contributed by atoms with E-state index in [1.807, 2.05) is 13.0 Å². The average Bonchev–Trinajstić information content (AvgIpc) is 2.21. The Bertz CT molecular complexity index is 332. The van der Waals surface area contributed by atoms with Crippen molar-refractivity contribution in [1.29, 1.82) is 0 Å². The van der Waals surface area contributed by atoms with E-state index in [4.69, 9.17) is 5.73 Å². The van der Waals surface area contributed by atoms with Gasteiger partial charge < -0.3 is 11.1 Å². The highest BCUT2D eigenvalue weighted by Crippen LogP contribution is 2.19. The number of nitrogen functional groups attached to an aromatic ring is 1. The fourth-order valence-electron chi connectivity index (χ4n) is 1.67. The Balaban J connectivity index is 2.49. The Morgan fingerprint density at radius 2 is 1.88 bits per heavy atom. The molecule has 2 heteroatoms. The second-order valence-electron chi connectivity index (χ2n) is 5.09. The van der Waals surface area contributed by atoms with E-state index in [0.717, 1.165) is 22.9 Å². The molecule has 0 saturated heterocycles. The first-order chi connectivity index (χ1) is 7.49. The van der Waals surface area contributed by atoms with Crippen LogP contribution in [0.2, 0.25) is 0 Å². The summed E-state index contributed by atoms with van der Waals surface area (Å²) in [6.45, 7) is 8.77. The first-order valence-electron chi connectivity index (χ1n) is 6.11. The zero-order valence-corrected chi connectivity index (χ0v) is 10.9. The molecule has 0 saturated carbocycles. The highest BCUT2D eigenvalue weighted by atomic mass is 14.9. The molecule has 1 unspecified atom stereocenters. The highest BCUT2D eigenvalue weighted by Gasteiger charge is 2.04. The van der Waals surface area contributed by atoms with Gasteiger partial charge in [-0.2, -0.15) is 0 Å². The van der Waals surface area contributed by atoms with Crippen LogP contribution in [-0.4, -0.2) is 6.04 Å². The van der Waals surface area contributed by atoms with E-state index in [1.54, 1.807) is 0 Å². The SMILES string of the molecule is Cc1ccc(NC(C)CCC(C)C)cc1N. The fraction of sp³-hybridized carbons (Fsp3) is 0.571. The number of anilines is 2. The number of hydrogen-bond acceptors (Lipinski definition) is 2. The van der Waals surface area contributed by atoms with Crippen molar-refractivity contribution >= 4 is 11.4 Å². The van der Waals surface area contributed by atoms with Crippen molar-refractivity contribution in [2.75, 3.05) is 11.1 Å². The molecule has 16 heavy (non-hydrogen) atoms. The molecule has 0 bridgehead atoms. The Hall–Kier alpha value is -1.18. The monoisotopic (exact) mass is 220 g/mol. The summed E-state index contributed by atoms with van der Waals surface area (Å²) in [4.78, 5) is 0. The first kappa shape index (κ1) is 12.9. The molecule has 1 aromatic rings. The molecular formula is C14H24N2. The summed E-state index contributed by atoms with van der Waals surface area (Å²) < 4.78 is 0. The number of nitrogens with one attached hydrogen (secondary N) is 1. The minimum Gasteiger partial charge on any atom is -0.398 e. The molecule has 0 amide bonds. The minimum absolute atomic E-state index is 0.504. The first-order valence-corrected chi connectivity index (χ1v) is 6.11. The molecule has 0 aliphatic heterocycles. The van der Waals surface area contributed by atoms with Crippen molar-refractivity contribution in [1.82, 2.24) is 0 Å². The van der Waals surface area contributed by atoms with Crippen LogP contribution in [0.4, 0.5) is 11.4 Å². The molecule has 0 spiro atoms. The third-order valence-corrected chi connectivity index (χ3v) is 2.87. The molecule has 1 aromatic carbocycles. The second kappa shape index (κ2) is 5.78. The van der Waals surface area contributed by atoms with Gasteiger partial charge in [0.05, 0.1) is 0 Å². The molecule has 90 valence electrons. The van der Waals surface area contributed by atoms with Crippen molar-refractivity contribution in [3.05, 3.63) is 23.8 Å². The fourth-order valence-corrected chi connectivity index (χ4v) is 1.67. The molecule has 3 N–H and O–H groups in total. The molecule has 1 rings (SSSR count). The van der Waals surface area contributed by atoms with E-state index < -0.39 is 0 Å². The highest BCUT2D eigenvalue weighted by molar-refractivity contribution is 5.58. The maximum atomic E-state index is 5.88. The lowest BCUT2D eigenvalue weighted by Crippen LogP contribution is -2.15. The van der Waals surface area contributed by atoms with E-state index in [2.05, 4.69) is 38.2 Å². The summed E-state index contributed by atoms with van der Waals surface area (Å²) in [7, 11) is 0. The molecule has 0 aliphatic carbocycles. The lowest BCUT2D eigenvalue weighted by atomic mass is 10.0. The van der Waals surface area contributed by atoms with Crippen molar-refractivity contribution in [3.8, 4) is 0 Å². The molecule has 0 heterocycles. The van der Waals surface area contributed by atoms with Crippen LogP contribution in [0, 0.1) is 12.8 Å². The lowest BCUT2D eigenvalue weighted by molar-refractivity contribution is 0.528. The van der Waals surface area contributed by atoms with Crippen LogP contribution in [0.3, 0.4) is 0 Å². The van der Waals surface area contributed by atoms with Crippen molar-refractivity contribution in [2.24, 2.45) is 5.92 Å². The van der Waals surface area contributed by atoms with Crippen molar-refractivity contribution in [3.63, 3.8) is 0 Å². The van der Waals surface area contributed by atoms with Gasteiger partial charge in [0.15, 0.2) is 0 Å². The number of hydrogen-bond donors (Lipinski definition) is 2. The lowest BCUT2D eigenvalue weighted by Gasteiger charge is -2.17. The van der Waals surface area contributed by atoms with Crippen LogP contribution in [0.15, 0.2) is 18.2 Å². The largest absolute Gasteiger partial charge is 0.398 e. The van der Waals surface area contributed by atoms with Crippen molar-refractivity contribution in [2.45, 2.75) is 46.6 Å². The molecule has 1 atom stereocenters. The van der Waals surface area contributed by atoms with E-state index in [0.29, 0.717) is 6.04 Å². The Labute approximate surface area is 99.2 Å². The van der Waals surface area contributed by atoms with Gasteiger partial charge >= 0.3 is 0 Å². The summed E-state index contributed by atoms with van der Waals surface area (Å²) >= 11 is 0. The van der Waals surface area contributed by atoms with Crippen molar-refractivity contribution < 1.29 is 0 Å². The van der Waals surface area contributed by atoms with Gasteiger partial charge in [0.1, 0.15) is 0 Å². The van der Waals surface area contributed by atoms with Crippen LogP contribution in [0.1, 0.15) is 39.2 Å². The number of nitrogens with two attached hydrogens (primary N) is 1. The van der Waals surface area contributed by atoms with Gasteiger partial charge in [-0.25, -0.2) is 0 Å². The molecule has 0 aliphatic rings. The van der Waals surface area contributed by atoms with E-state index in [9.17, 15) is 0 Å². The smallest absolute Gasteiger partial charge is 0.0364 e. The summed E-state index contributed by atoms with van der Waals surface area (Å²) in [5, 5.41) is 3.49. The topological polar surface area (TPSA) is 38.0 Å². The Morgan fingerprint density at radius 1 is 1.19 bits per heavy atom. The second-order valence-corrected chi connectivity index (χ2v) is 5.09. The molecule has 2 nitrogen and oxygen atoms in total. The predicted molar refractivity (Wildman–Crippen MR) is 72.7 cm³/mol. The number of benzene rings is 1. The van der Waals surface area contributed by atoms with Gasteiger partial charge in [-0.05, 0) is 50.3 Å². The maximum Gasteiger partial charge on any atom is 0.0364 e. The normalized spacial score (nSPS) is 12.8. The van der Waals surface area contributed by atoms with Crippen LogP contribution in [0.25, 0.3) is 0 Å². The van der Waals surface area contributed by atoms with Gasteiger partial charge in [-0.15, -0.1) is 0 Å². The van der Waals surface area contributed by atoms with E-state index in [1.165, 1.54) is 12.8 Å². The van der Waals surface area contributed by atoms with Gasteiger partial charge in [-0.3, -0.25) is 0 Å². The zero-order chi connectivity index (χ0) is 12.1. The summed E-state index contributed by atoms with van der Waals surface area (Å²) in [5.74, 6) is 0.771. The molecule has 0 aromatic heterocycles. The third-order valence-electron chi connectivity index (χ3n) is 2.87. The standard InChI is InChI=1S/C14H24N2/c1-10(2)5-7-12(4)16-13-8-6-11(3)14(15)9-13/h6,8-10,12,16H,5,7,15H2,1-4H3. The van der Waals surface area contributed by atoms with Gasteiger partial charge in [0.2, 0.25) is 0 Å². The molecule has 0 radical (unpaired) electrons. The molecular weight excluding hydrogens is 196 g/mol.